The molecule has 98 valence electrons. The van der Waals surface area contributed by atoms with Gasteiger partial charge >= 0.3 is 0 Å². The van der Waals surface area contributed by atoms with Crippen molar-refractivity contribution in [2.24, 2.45) is 5.73 Å². The molecule has 2 N–H and O–H groups in total. The molecule has 0 aromatic heterocycles. The van der Waals surface area contributed by atoms with Crippen LogP contribution in [0.5, 0.6) is 0 Å². The maximum absolute atomic E-state index is 6.22. The zero-order chi connectivity index (χ0) is 13.2. The molecular formula is C17H20N2. The summed E-state index contributed by atoms with van der Waals surface area (Å²) in [4.78, 5) is 2.48. The maximum atomic E-state index is 6.22. The van der Waals surface area contributed by atoms with Gasteiger partial charge in [0.25, 0.3) is 0 Å². The monoisotopic (exact) mass is 252 g/mol. The van der Waals surface area contributed by atoms with Crippen LogP contribution in [0.1, 0.15) is 30.1 Å². The minimum atomic E-state index is 0.244. The van der Waals surface area contributed by atoms with Gasteiger partial charge in [-0.2, -0.15) is 0 Å². The number of nitrogens with two attached hydrogens (primary N) is 1. The first-order chi connectivity index (χ1) is 9.27. The molecule has 3 atom stereocenters. The Morgan fingerprint density at radius 2 is 1.58 bits per heavy atom. The highest BCUT2D eigenvalue weighted by Gasteiger charge is 2.40. The van der Waals surface area contributed by atoms with Crippen molar-refractivity contribution in [3.63, 3.8) is 0 Å². The first-order valence-corrected chi connectivity index (χ1v) is 6.88. The van der Waals surface area contributed by atoms with Crippen LogP contribution in [0.15, 0.2) is 60.7 Å². The van der Waals surface area contributed by atoms with Crippen molar-refractivity contribution >= 4 is 0 Å². The highest BCUT2D eigenvalue weighted by Crippen LogP contribution is 2.39. The van der Waals surface area contributed by atoms with Gasteiger partial charge < -0.3 is 5.73 Å². The Bertz CT molecular complexity index is 523. The van der Waals surface area contributed by atoms with Gasteiger partial charge in [0.1, 0.15) is 0 Å². The third-order valence-electron chi connectivity index (χ3n) is 4.11. The molecule has 1 saturated heterocycles. The average Bonchev–Trinajstić information content (AvgIpc) is 2.46. The lowest BCUT2D eigenvalue weighted by Gasteiger charge is -2.50. The van der Waals surface area contributed by atoms with Crippen LogP contribution in [-0.2, 0) is 0 Å². The van der Waals surface area contributed by atoms with E-state index in [0.29, 0.717) is 12.1 Å². The van der Waals surface area contributed by atoms with Crippen LogP contribution >= 0.6 is 0 Å². The smallest absolute Gasteiger partial charge is 0.0518 e. The fraction of sp³-hybridized carbons (Fsp3) is 0.294. The van der Waals surface area contributed by atoms with Crippen LogP contribution in [0.3, 0.4) is 0 Å². The van der Waals surface area contributed by atoms with Gasteiger partial charge in [0.15, 0.2) is 0 Å². The third-order valence-corrected chi connectivity index (χ3v) is 4.11. The van der Waals surface area contributed by atoms with Gasteiger partial charge in [0, 0.05) is 18.6 Å². The number of hydrogen-bond acceptors (Lipinski definition) is 2. The molecular weight excluding hydrogens is 232 g/mol. The molecule has 1 aliphatic heterocycles. The largest absolute Gasteiger partial charge is 0.325 e. The van der Waals surface area contributed by atoms with E-state index < -0.39 is 0 Å². The normalized spacial score (nSPS) is 24.7. The van der Waals surface area contributed by atoms with Crippen molar-refractivity contribution in [1.82, 2.24) is 4.90 Å². The first-order valence-electron chi connectivity index (χ1n) is 6.88. The van der Waals surface area contributed by atoms with Crippen LogP contribution < -0.4 is 5.73 Å². The van der Waals surface area contributed by atoms with Crippen LogP contribution in [0.25, 0.3) is 0 Å². The summed E-state index contributed by atoms with van der Waals surface area (Å²) in [5.41, 5.74) is 8.90. The topological polar surface area (TPSA) is 29.3 Å². The number of benzene rings is 2. The molecule has 1 aliphatic rings. The second-order valence-electron chi connectivity index (χ2n) is 5.30. The second kappa shape index (κ2) is 5.16. The Labute approximate surface area is 114 Å². The van der Waals surface area contributed by atoms with Gasteiger partial charge in [0.05, 0.1) is 6.04 Å². The van der Waals surface area contributed by atoms with Crippen LogP contribution in [-0.4, -0.2) is 17.5 Å². The molecule has 0 radical (unpaired) electrons. The Morgan fingerprint density at radius 1 is 1.00 bits per heavy atom. The quantitative estimate of drug-likeness (QED) is 0.909. The Kier molecular flexibility index (Phi) is 3.36. The van der Waals surface area contributed by atoms with Crippen LogP contribution in [0.2, 0.25) is 0 Å². The van der Waals surface area contributed by atoms with E-state index in [4.69, 9.17) is 5.73 Å². The third kappa shape index (κ3) is 2.29. The molecule has 2 heteroatoms. The van der Waals surface area contributed by atoms with E-state index >= 15 is 0 Å². The van der Waals surface area contributed by atoms with Gasteiger partial charge in [-0.15, -0.1) is 0 Å². The van der Waals surface area contributed by atoms with E-state index in [1.54, 1.807) is 0 Å². The summed E-state index contributed by atoms with van der Waals surface area (Å²) in [6.45, 7) is 3.23. The molecule has 3 rings (SSSR count). The van der Waals surface area contributed by atoms with Crippen molar-refractivity contribution < 1.29 is 0 Å². The summed E-state index contributed by atoms with van der Waals surface area (Å²) in [7, 11) is 0. The predicted molar refractivity (Wildman–Crippen MR) is 78.7 cm³/mol. The van der Waals surface area contributed by atoms with Gasteiger partial charge in [-0.05, 0) is 18.1 Å². The van der Waals surface area contributed by atoms with Crippen molar-refractivity contribution in [3.05, 3.63) is 71.8 Å². The maximum Gasteiger partial charge on any atom is 0.0518 e. The SMILES string of the molecule is C[C@@H](c1ccccc1)N1C[C@H](N)[C@@H]1c1ccccc1. The fourth-order valence-corrected chi connectivity index (χ4v) is 2.98. The molecule has 0 spiro atoms. The number of rotatable bonds is 3. The van der Waals surface area contributed by atoms with E-state index in [1.165, 1.54) is 11.1 Å². The number of nitrogens with zero attached hydrogens (tertiary/aromatic N) is 1. The van der Waals surface area contributed by atoms with E-state index in [-0.39, 0.29) is 6.04 Å². The zero-order valence-corrected chi connectivity index (χ0v) is 11.2. The highest BCUT2D eigenvalue weighted by molar-refractivity contribution is 5.27. The Hall–Kier alpha value is -1.64. The molecule has 0 unspecified atom stereocenters. The van der Waals surface area contributed by atoms with Crippen molar-refractivity contribution in [1.29, 1.82) is 0 Å². The Morgan fingerprint density at radius 3 is 2.16 bits per heavy atom. The number of hydrogen-bond donors (Lipinski definition) is 1. The van der Waals surface area contributed by atoms with Gasteiger partial charge in [0.2, 0.25) is 0 Å². The first kappa shape index (κ1) is 12.4. The van der Waals surface area contributed by atoms with Gasteiger partial charge in [-0.1, -0.05) is 60.7 Å². The highest BCUT2D eigenvalue weighted by atomic mass is 15.3. The molecule has 19 heavy (non-hydrogen) atoms. The van der Waals surface area contributed by atoms with Crippen LogP contribution in [0.4, 0.5) is 0 Å². The van der Waals surface area contributed by atoms with Crippen molar-refractivity contribution in [2.75, 3.05) is 6.54 Å². The van der Waals surface area contributed by atoms with Crippen molar-refractivity contribution in [3.8, 4) is 0 Å². The average molecular weight is 252 g/mol. The Balaban J connectivity index is 1.82. The standard InChI is InChI=1S/C17H20N2/c1-13(14-8-4-2-5-9-14)19-12-16(18)17(19)15-10-6-3-7-11-15/h2-11,13,16-17H,12,18H2,1H3/t13-,16-,17-/m0/s1. The van der Waals surface area contributed by atoms with E-state index in [9.17, 15) is 0 Å². The molecule has 1 fully saturated rings. The molecule has 0 aliphatic carbocycles. The molecule has 0 amide bonds. The van der Waals surface area contributed by atoms with Gasteiger partial charge in [-0.25, -0.2) is 0 Å². The minimum absolute atomic E-state index is 0.244. The summed E-state index contributed by atoms with van der Waals surface area (Å²) in [6, 6.07) is 22.2. The lowest BCUT2D eigenvalue weighted by molar-refractivity contribution is 0.0230. The summed E-state index contributed by atoms with van der Waals surface area (Å²) in [5, 5.41) is 0. The summed E-state index contributed by atoms with van der Waals surface area (Å²) in [5.74, 6) is 0. The summed E-state index contributed by atoms with van der Waals surface area (Å²) >= 11 is 0. The molecule has 0 saturated carbocycles. The van der Waals surface area contributed by atoms with E-state index in [0.717, 1.165) is 6.54 Å². The summed E-state index contributed by atoms with van der Waals surface area (Å²) in [6.07, 6.45) is 0. The van der Waals surface area contributed by atoms with Gasteiger partial charge in [-0.3, -0.25) is 4.90 Å². The lowest BCUT2D eigenvalue weighted by atomic mass is 9.87. The molecule has 0 bridgehead atoms. The van der Waals surface area contributed by atoms with E-state index in [2.05, 4.69) is 72.5 Å². The van der Waals surface area contributed by atoms with E-state index in [1.807, 2.05) is 0 Å². The van der Waals surface area contributed by atoms with Crippen LogP contribution in [0, 0.1) is 0 Å². The predicted octanol–water partition coefficient (Wildman–Crippen LogP) is 3.13. The minimum Gasteiger partial charge on any atom is -0.325 e. The molecule has 2 aromatic carbocycles. The second-order valence-corrected chi connectivity index (χ2v) is 5.30. The van der Waals surface area contributed by atoms with Crippen molar-refractivity contribution in [2.45, 2.75) is 25.0 Å². The lowest BCUT2D eigenvalue weighted by Crippen LogP contribution is -2.58. The zero-order valence-electron chi connectivity index (χ0n) is 11.2. The molecule has 2 aromatic rings. The molecule has 2 nitrogen and oxygen atoms in total. The summed E-state index contributed by atoms with van der Waals surface area (Å²) < 4.78 is 0. The molecule has 1 heterocycles. The number of likely N-dealkylation sites (tertiary alicyclic amines) is 1. The fourth-order valence-electron chi connectivity index (χ4n) is 2.98.